The summed E-state index contributed by atoms with van der Waals surface area (Å²) in [5, 5.41) is 4.88. The number of carbonyl (C=O) groups is 2. The van der Waals surface area contributed by atoms with E-state index < -0.39 is 0 Å². The molecule has 0 aromatic rings. The molecule has 6 nitrogen and oxygen atoms in total. The first-order chi connectivity index (χ1) is 13.1. The Morgan fingerprint density at radius 3 is 1.85 bits per heavy atom. The summed E-state index contributed by atoms with van der Waals surface area (Å²) in [4.78, 5) is 26.0. The van der Waals surface area contributed by atoms with Gasteiger partial charge in [-0.15, -0.1) is 0 Å². The van der Waals surface area contributed by atoms with E-state index in [1.165, 1.54) is 57.8 Å². The fourth-order valence-electron chi connectivity index (χ4n) is 3.31. The van der Waals surface area contributed by atoms with Crippen LogP contribution < -0.4 is 10.7 Å². The Bertz CT molecular complexity index is 396. The maximum Gasteiger partial charge on any atom is 0.234 e. The molecule has 0 saturated carbocycles. The molecule has 1 aliphatic heterocycles. The average Bonchev–Trinajstić information content (AvgIpc) is 2.66. The molecule has 0 atom stereocenters. The molecule has 1 fully saturated rings. The Balaban J connectivity index is 1.87. The third-order valence-corrected chi connectivity index (χ3v) is 5.22. The molecule has 0 spiro atoms. The van der Waals surface area contributed by atoms with Crippen LogP contribution in [0.4, 0.5) is 0 Å². The number of amides is 2. The van der Waals surface area contributed by atoms with Crippen LogP contribution in [0.5, 0.6) is 0 Å². The monoisotopic (exact) mass is 382 g/mol. The second-order valence-corrected chi connectivity index (χ2v) is 7.86. The Morgan fingerprint density at radius 2 is 1.26 bits per heavy atom. The predicted molar refractivity (Wildman–Crippen MR) is 111 cm³/mol. The SMILES string of the molecule is CCCCCCCCCCCCNC(=O)CCC(=O)NN1CCN(C)CC1. The van der Waals surface area contributed by atoms with Crippen LogP contribution in [0, 0.1) is 0 Å². The number of rotatable bonds is 15. The van der Waals surface area contributed by atoms with Gasteiger partial charge in [-0.05, 0) is 13.5 Å². The molecular weight excluding hydrogens is 340 g/mol. The van der Waals surface area contributed by atoms with Crippen LogP contribution in [-0.2, 0) is 9.59 Å². The molecule has 2 N–H and O–H groups in total. The van der Waals surface area contributed by atoms with Gasteiger partial charge in [-0.2, -0.15) is 0 Å². The number of hydrogen-bond donors (Lipinski definition) is 2. The molecule has 0 aliphatic carbocycles. The first-order valence-electron chi connectivity index (χ1n) is 11.1. The number of nitrogens with one attached hydrogen (secondary N) is 2. The zero-order chi connectivity index (χ0) is 19.7. The standard InChI is InChI=1S/C21H42N4O2/c1-3-4-5-6-7-8-9-10-11-12-15-22-20(26)13-14-21(27)23-25-18-16-24(2)17-19-25/h3-19H2,1-2H3,(H,22,26)(H,23,27). The van der Waals surface area contributed by atoms with Crippen LogP contribution >= 0.6 is 0 Å². The van der Waals surface area contributed by atoms with Crippen molar-refractivity contribution in [3.8, 4) is 0 Å². The van der Waals surface area contributed by atoms with Gasteiger partial charge in [-0.3, -0.25) is 15.0 Å². The van der Waals surface area contributed by atoms with Crippen molar-refractivity contribution in [2.75, 3.05) is 39.8 Å². The Labute approximate surface area is 166 Å². The van der Waals surface area contributed by atoms with Gasteiger partial charge in [-0.25, -0.2) is 5.01 Å². The number of hydrazine groups is 1. The number of nitrogens with zero attached hydrogens (tertiary/aromatic N) is 2. The van der Waals surface area contributed by atoms with Gasteiger partial charge in [-0.1, -0.05) is 64.7 Å². The van der Waals surface area contributed by atoms with Crippen molar-refractivity contribution < 1.29 is 9.59 Å². The topological polar surface area (TPSA) is 64.7 Å². The minimum atomic E-state index is -0.0614. The molecule has 0 bridgehead atoms. The molecule has 0 unspecified atom stereocenters. The molecule has 2 amide bonds. The summed E-state index contributed by atoms with van der Waals surface area (Å²) in [5.74, 6) is -0.0758. The van der Waals surface area contributed by atoms with Gasteiger partial charge in [0, 0.05) is 45.6 Å². The predicted octanol–water partition coefficient (Wildman–Crippen LogP) is 3.08. The number of hydrogen-bond acceptors (Lipinski definition) is 4. The van der Waals surface area contributed by atoms with Crippen molar-refractivity contribution in [2.24, 2.45) is 0 Å². The van der Waals surface area contributed by atoms with E-state index in [1.807, 2.05) is 5.01 Å². The molecule has 1 rings (SSSR count). The van der Waals surface area contributed by atoms with Crippen molar-refractivity contribution in [2.45, 2.75) is 84.0 Å². The highest BCUT2D eigenvalue weighted by Crippen LogP contribution is 2.10. The quantitative estimate of drug-likeness (QED) is 0.427. The number of likely N-dealkylation sites (N-methyl/N-ethyl adjacent to an activating group) is 1. The summed E-state index contributed by atoms with van der Waals surface area (Å²) in [7, 11) is 2.08. The first-order valence-corrected chi connectivity index (χ1v) is 11.1. The molecular formula is C21H42N4O2. The molecule has 1 saturated heterocycles. The van der Waals surface area contributed by atoms with Gasteiger partial charge in [0.15, 0.2) is 0 Å². The van der Waals surface area contributed by atoms with E-state index in [4.69, 9.17) is 0 Å². The summed E-state index contributed by atoms with van der Waals surface area (Å²) in [5.41, 5.74) is 2.89. The maximum absolute atomic E-state index is 11.9. The van der Waals surface area contributed by atoms with Gasteiger partial charge in [0.2, 0.25) is 11.8 Å². The molecule has 0 radical (unpaired) electrons. The van der Waals surface area contributed by atoms with E-state index in [0.717, 1.165) is 39.1 Å². The average molecular weight is 383 g/mol. The number of unbranched alkanes of at least 4 members (excludes halogenated alkanes) is 9. The molecule has 1 heterocycles. The van der Waals surface area contributed by atoms with Crippen LogP contribution in [0.1, 0.15) is 84.0 Å². The number of piperazine rings is 1. The van der Waals surface area contributed by atoms with Crippen molar-refractivity contribution in [1.29, 1.82) is 0 Å². The first kappa shape index (κ1) is 23.9. The molecule has 0 aromatic carbocycles. The minimum absolute atomic E-state index is 0.0144. The van der Waals surface area contributed by atoms with Crippen LogP contribution in [0.25, 0.3) is 0 Å². The molecule has 158 valence electrons. The third-order valence-electron chi connectivity index (χ3n) is 5.22. The van der Waals surface area contributed by atoms with Gasteiger partial charge < -0.3 is 10.2 Å². The second kappa shape index (κ2) is 15.9. The van der Waals surface area contributed by atoms with Gasteiger partial charge in [0.25, 0.3) is 0 Å². The largest absolute Gasteiger partial charge is 0.356 e. The molecule has 6 heteroatoms. The Kier molecular flexibility index (Phi) is 14.0. The minimum Gasteiger partial charge on any atom is -0.356 e. The molecule has 1 aliphatic rings. The summed E-state index contributed by atoms with van der Waals surface area (Å²) in [6, 6.07) is 0. The van der Waals surface area contributed by atoms with E-state index in [0.29, 0.717) is 0 Å². The lowest BCUT2D eigenvalue weighted by molar-refractivity contribution is -0.130. The highest BCUT2D eigenvalue weighted by atomic mass is 16.2. The van der Waals surface area contributed by atoms with E-state index in [9.17, 15) is 9.59 Å². The van der Waals surface area contributed by atoms with Gasteiger partial charge >= 0.3 is 0 Å². The zero-order valence-electron chi connectivity index (χ0n) is 17.7. The summed E-state index contributed by atoms with van der Waals surface area (Å²) >= 11 is 0. The van der Waals surface area contributed by atoms with Gasteiger partial charge in [0.1, 0.15) is 0 Å². The Morgan fingerprint density at radius 1 is 0.741 bits per heavy atom. The Hall–Kier alpha value is -1.14. The van der Waals surface area contributed by atoms with E-state index in [1.54, 1.807) is 0 Å². The van der Waals surface area contributed by atoms with Crippen LogP contribution in [-0.4, -0.2) is 61.5 Å². The summed E-state index contributed by atoms with van der Waals surface area (Å²) in [6.07, 6.45) is 13.5. The van der Waals surface area contributed by atoms with E-state index in [-0.39, 0.29) is 24.7 Å². The van der Waals surface area contributed by atoms with Crippen molar-refractivity contribution in [3.63, 3.8) is 0 Å². The normalized spacial score (nSPS) is 15.6. The zero-order valence-corrected chi connectivity index (χ0v) is 17.7. The highest BCUT2D eigenvalue weighted by Gasteiger charge is 2.16. The van der Waals surface area contributed by atoms with Gasteiger partial charge in [0.05, 0.1) is 0 Å². The van der Waals surface area contributed by atoms with Crippen molar-refractivity contribution in [3.05, 3.63) is 0 Å². The number of carbonyl (C=O) groups excluding carboxylic acids is 2. The molecule has 0 aromatic heterocycles. The fraction of sp³-hybridized carbons (Fsp3) is 0.905. The van der Waals surface area contributed by atoms with Crippen LogP contribution in [0.2, 0.25) is 0 Å². The second-order valence-electron chi connectivity index (χ2n) is 7.86. The lowest BCUT2D eigenvalue weighted by atomic mass is 10.1. The lowest BCUT2D eigenvalue weighted by Crippen LogP contribution is -2.52. The fourth-order valence-corrected chi connectivity index (χ4v) is 3.31. The lowest BCUT2D eigenvalue weighted by Gasteiger charge is -2.32. The van der Waals surface area contributed by atoms with Crippen molar-refractivity contribution in [1.82, 2.24) is 20.7 Å². The van der Waals surface area contributed by atoms with Crippen LogP contribution in [0.3, 0.4) is 0 Å². The van der Waals surface area contributed by atoms with Crippen LogP contribution in [0.15, 0.2) is 0 Å². The van der Waals surface area contributed by atoms with E-state index in [2.05, 4.69) is 29.6 Å². The summed E-state index contributed by atoms with van der Waals surface area (Å²) in [6.45, 7) is 6.58. The molecule has 27 heavy (non-hydrogen) atoms. The third kappa shape index (κ3) is 13.6. The summed E-state index contributed by atoms with van der Waals surface area (Å²) < 4.78 is 0. The maximum atomic E-state index is 11.9. The highest BCUT2D eigenvalue weighted by molar-refractivity contribution is 5.83. The van der Waals surface area contributed by atoms with Crippen molar-refractivity contribution >= 4 is 11.8 Å². The van der Waals surface area contributed by atoms with E-state index >= 15 is 0 Å². The smallest absolute Gasteiger partial charge is 0.234 e.